The molecule has 126 valence electrons. The second kappa shape index (κ2) is 6.76. The van der Waals surface area contributed by atoms with Gasteiger partial charge in [0.05, 0.1) is 11.1 Å². The van der Waals surface area contributed by atoms with Crippen molar-refractivity contribution in [3.63, 3.8) is 0 Å². The highest BCUT2D eigenvalue weighted by Crippen LogP contribution is 2.29. The lowest BCUT2D eigenvalue weighted by molar-refractivity contribution is 0.102. The molecule has 1 N–H and O–H groups in total. The molecule has 0 aliphatic carbocycles. The van der Waals surface area contributed by atoms with Crippen LogP contribution in [0.25, 0.3) is 22.0 Å². The fourth-order valence-corrected chi connectivity index (χ4v) is 2.97. The van der Waals surface area contributed by atoms with Gasteiger partial charge < -0.3 is 5.32 Å². The number of halogens is 1. The maximum absolute atomic E-state index is 13.8. The summed E-state index contributed by atoms with van der Waals surface area (Å²) in [5, 5.41) is 3.69. The Morgan fingerprint density at radius 1 is 0.885 bits per heavy atom. The van der Waals surface area contributed by atoms with Gasteiger partial charge in [0.15, 0.2) is 0 Å². The number of rotatable bonds is 3. The molecule has 3 nitrogen and oxygen atoms in total. The van der Waals surface area contributed by atoms with E-state index in [2.05, 4.69) is 10.3 Å². The minimum absolute atomic E-state index is 0.257. The highest BCUT2D eigenvalue weighted by Gasteiger charge is 2.14. The summed E-state index contributed by atoms with van der Waals surface area (Å²) in [7, 11) is 0. The summed E-state index contributed by atoms with van der Waals surface area (Å²) in [4.78, 5) is 17.1. The topological polar surface area (TPSA) is 42.0 Å². The standard InChI is InChI=1S/C22H15FN2O/c23-16-10-11-21(19(14-16)15-6-2-1-3-7-15)25-22(26)18-12-13-24-20-9-5-4-8-17(18)20/h1-14H,(H,25,26). The number of anilines is 1. The number of fused-ring (bicyclic) bond motifs is 1. The number of carbonyl (C=O) groups is 1. The first-order valence-corrected chi connectivity index (χ1v) is 8.22. The van der Waals surface area contributed by atoms with Crippen LogP contribution in [0.15, 0.2) is 85.1 Å². The fourth-order valence-electron chi connectivity index (χ4n) is 2.97. The van der Waals surface area contributed by atoms with Crippen LogP contribution >= 0.6 is 0 Å². The van der Waals surface area contributed by atoms with Crippen molar-refractivity contribution < 1.29 is 9.18 Å². The Hall–Kier alpha value is -3.53. The molecule has 0 fully saturated rings. The van der Waals surface area contributed by atoms with Gasteiger partial charge >= 0.3 is 0 Å². The molecule has 0 aliphatic rings. The van der Waals surface area contributed by atoms with Crippen LogP contribution in [0.3, 0.4) is 0 Å². The zero-order chi connectivity index (χ0) is 17.9. The first kappa shape index (κ1) is 16.0. The number of nitrogens with zero attached hydrogens (tertiary/aromatic N) is 1. The molecule has 0 unspecified atom stereocenters. The summed E-state index contributed by atoms with van der Waals surface area (Å²) >= 11 is 0. The summed E-state index contributed by atoms with van der Waals surface area (Å²) in [6.07, 6.45) is 1.61. The van der Waals surface area contributed by atoms with Crippen molar-refractivity contribution in [1.29, 1.82) is 0 Å². The van der Waals surface area contributed by atoms with Crippen LogP contribution < -0.4 is 5.32 Å². The van der Waals surface area contributed by atoms with Crippen LogP contribution in [0.5, 0.6) is 0 Å². The van der Waals surface area contributed by atoms with E-state index in [9.17, 15) is 9.18 Å². The predicted molar refractivity (Wildman–Crippen MR) is 102 cm³/mol. The zero-order valence-electron chi connectivity index (χ0n) is 13.8. The van der Waals surface area contributed by atoms with Gasteiger partial charge in [-0.05, 0) is 35.9 Å². The molecular weight excluding hydrogens is 327 g/mol. The number of hydrogen-bond acceptors (Lipinski definition) is 2. The van der Waals surface area contributed by atoms with E-state index in [0.717, 1.165) is 16.5 Å². The van der Waals surface area contributed by atoms with Crippen LogP contribution in [0.1, 0.15) is 10.4 Å². The Balaban J connectivity index is 1.75. The third-order valence-corrected chi connectivity index (χ3v) is 4.21. The predicted octanol–water partition coefficient (Wildman–Crippen LogP) is 5.29. The SMILES string of the molecule is O=C(Nc1ccc(F)cc1-c1ccccc1)c1ccnc2ccccc12. The molecule has 4 aromatic rings. The van der Waals surface area contributed by atoms with E-state index >= 15 is 0 Å². The Morgan fingerprint density at radius 3 is 2.50 bits per heavy atom. The number of aromatic nitrogens is 1. The molecule has 26 heavy (non-hydrogen) atoms. The molecule has 4 heteroatoms. The molecule has 0 saturated heterocycles. The summed E-state index contributed by atoms with van der Waals surface area (Å²) in [6, 6.07) is 22.9. The van der Waals surface area contributed by atoms with Crippen molar-refractivity contribution in [2.45, 2.75) is 0 Å². The molecule has 1 heterocycles. The summed E-state index contributed by atoms with van der Waals surface area (Å²) in [6.45, 7) is 0. The third kappa shape index (κ3) is 3.05. The zero-order valence-corrected chi connectivity index (χ0v) is 13.8. The third-order valence-electron chi connectivity index (χ3n) is 4.21. The van der Waals surface area contributed by atoms with Crippen molar-refractivity contribution in [3.05, 3.63) is 96.4 Å². The molecule has 0 atom stereocenters. The van der Waals surface area contributed by atoms with Gasteiger partial charge in [-0.15, -0.1) is 0 Å². The summed E-state index contributed by atoms with van der Waals surface area (Å²) in [5.74, 6) is -0.608. The van der Waals surface area contributed by atoms with Gasteiger partial charge in [-0.25, -0.2) is 4.39 Å². The van der Waals surface area contributed by atoms with Crippen molar-refractivity contribution in [2.75, 3.05) is 5.32 Å². The highest BCUT2D eigenvalue weighted by molar-refractivity contribution is 6.13. The van der Waals surface area contributed by atoms with Gasteiger partial charge in [0.1, 0.15) is 5.82 Å². The quantitative estimate of drug-likeness (QED) is 0.549. The molecule has 3 aromatic carbocycles. The molecule has 0 saturated carbocycles. The Kier molecular flexibility index (Phi) is 4.15. The number of hydrogen-bond donors (Lipinski definition) is 1. The average Bonchev–Trinajstić information content (AvgIpc) is 2.69. The summed E-state index contributed by atoms with van der Waals surface area (Å²) in [5.41, 5.74) is 3.31. The molecule has 0 radical (unpaired) electrons. The van der Waals surface area contributed by atoms with E-state index < -0.39 is 0 Å². The average molecular weight is 342 g/mol. The van der Waals surface area contributed by atoms with E-state index in [1.165, 1.54) is 12.1 Å². The second-order valence-electron chi connectivity index (χ2n) is 5.89. The number of benzene rings is 3. The van der Waals surface area contributed by atoms with Crippen LogP contribution in [0, 0.1) is 5.82 Å². The van der Waals surface area contributed by atoms with Crippen molar-refractivity contribution in [1.82, 2.24) is 4.98 Å². The normalized spacial score (nSPS) is 10.7. The Bertz CT molecular complexity index is 1090. The second-order valence-corrected chi connectivity index (χ2v) is 5.89. The molecular formula is C22H15FN2O. The van der Waals surface area contributed by atoms with Crippen molar-refractivity contribution in [3.8, 4) is 11.1 Å². The van der Waals surface area contributed by atoms with E-state index in [1.807, 2.05) is 54.6 Å². The number of pyridine rings is 1. The first-order valence-electron chi connectivity index (χ1n) is 8.22. The largest absolute Gasteiger partial charge is 0.321 e. The fraction of sp³-hybridized carbons (Fsp3) is 0. The van der Waals surface area contributed by atoms with E-state index in [1.54, 1.807) is 18.3 Å². The molecule has 4 rings (SSSR count). The molecule has 1 amide bonds. The van der Waals surface area contributed by atoms with Gasteiger partial charge in [-0.1, -0.05) is 48.5 Å². The van der Waals surface area contributed by atoms with E-state index in [-0.39, 0.29) is 11.7 Å². The van der Waals surface area contributed by atoms with E-state index in [4.69, 9.17) is 0 Å². The molecule has 0 spiro atoms. The van der Waals surface area contributed by atoms with Crippen LogP contribution in [0.2, 0.25) is 0 Å². The Morgan fingerprint density at radius 2 is 1.65 bits per heavy atom. The summed E-state index contributed by atoms with van der Waals surface area (Å²) < 4.78 is 13.8. The minimum Gasteiger partial charge on any atom is -0.321 e. The maximum atomic E-state index is 13.8. The lowest BCUT2D eigenvalue weighted by atomic mass is 10.0. The number of nitrogens with one attached hydrogen (secondary N) is 1. The highest BCUT2D eigenvalue weighted by atomic mass is 19.1. The molecule has 0 bridgehead atoms. The number of amides is 1. The lowest BCUT2D eigenvalue weighted by Crippen LogP contribution is -2.13. The molecule has 0 aliphatic heterocycles. The van der Waals surface area contributed by atoms with Gasteiger partial charge in [0.25, 0.3) is 5.91 Å². The minimum atomic E-state index is -0.351. The lowest BCUT2D eigenvalue weighted by Gasteiger charge is -2.12. The van der Waals surface area contributed by atoms with Gasteiger partial charge in [0, 0.05) is 22.8 Å². The van der Waals surface area contributed by atoms with Gasteiger partial charge in [0.2, 0.25) is 0 Å². The maximum Gasteiger partial charge on any atom is 0.256 e. The van der Waals surface area contributed by atoms with Crippen molar-refractivity contribution in [2.24, 2.45) is 0 Å². The number of para-hydroxylation sites is 1. The van der Waals surface area contributed by atoms with Gasteiger partial charge in [-0.2, -0.15) is 0 Å². The Labute approximate surface area is 150 Å². The number of carbonyl (C=O) groups excluding carboxylic acids is 1. The van der Waals surface area contributed by atoms with Crippen LogP contribution in [-0.4, -0.2) is 10.9 Å². The monoisotopic (exact) mass is 342 g/mol. The van der Waals surface area contributed by atoms with E-state index in [0.29, 0.717) is 16.8 Å². The smallest absolute Gasteiger partial charge is 0.256 e. The van der Waals surface area contributed by atoms with Crippen LogP contribution in [0.4, 0.5) is 10.1 Å². The van der Waals surface area contributed by atoms with Gasteiger partial charge in [-0.3, -0.25) is 9.78 Å². The molecule has 1 aromatic heterocycles. The van der Waals surface area contributed by atoms with Crippen molar-refractivity contribution >= 4 is 22.5 Å². The first-order chi connectivity index (χ1) is 12.7. The van der Waals surface area contributed by atoms with Crippen LogP contribution in [-0.2, 0) is 0 Å².